The molecule has 1 fully saturated rings. The molecule has 0 spiro atoms. The van der Waals surface area contributed by atoms with E-state index in [-0.39, 0.29) is 30.7 Å². The van der Waals surface area contributed by atoms with Crippen LogP contribution in [0.2, 0.25) is 0 Å². The fourth-order valence-electron chi connectivity index (χ4n) is 3.35. The van der Waals surface area contributed by atoms with Crippen molar-refractivity contribution in [2.24, 2.45) is 11.8 Å². The summed E-state index contributed by atoms with van der Waals surface area (Å²) < 4.78 is 5.25. The number of benzene rings is 1. The van der Waals surface area contributed by atoms with Crippen LogP contribution < -0.4 is 15.4 Å². The van der Waals surface area contributed by atoms with Crippen molar-refractivity contribution in [2.75, 3.05) is 13.7 Å². The molecule has 1 saturated carbocycles. The first-order chi connectivity index (χ1) is 12.9. The lowest BCUT2D eigenvalue weighted by Gasteiger charge is -2.19. The summed E-state index contributed by atoms with van der Waals surface area (Å²) in [7, 11) is 1.53. The minimum atomic E-state index is -0.996. The van der Waals surface area contributed by atoms with Gasteiger partial charge in [0.15, 0.2) is 0 Å². The molecule has 7 nitrogen and oxygen atoms in total. The van der Waals surface area contributed by atoms with Crippen molar-refractivity contribution in [1.82, 2.24) is 10.6 Å². The number of para-hydroxylation sites is 1. The van der Waals surface area contributed by atoms with Crippen LogP contribution in [0.5, 0.6) is 5.75 Å². The third-order valence-electron chi connectivity index (χ3n) is 5.01. The number of carbonyl (C=O) groups is 3. The van der Waals surface area contributed by atoms with Crippen LogP contribution in [-0.2, 0) is 20.8 Å². The first-order valence-corrected chi connectivity index (χ1v) is 9.35. The Kier molecular flexibility index (Phi) is 7.64. The van der Waals surface area contributed by atoms with Gasteiger partial charge in [-0.1, -0.05) is 31.0 Å². The van der Waals surface area contributed by atoms with Gasteiger partial charge in [0.2, 0.25) is 11.8 Å². The molecule has 0 saturated heterocycles. The highest BCUT2D eigenvalue weighted by atomic mass is 16.5. The average Bonchev–Trinajstić information content (AvgIpc) is 3.19. The van der Waals surface area contributed by atoms with E-state index in [0.717, 1.165) is 31.2 Å². The number of rotatable bonds is 9. The van der Waals surface area contributed by atoms with Gasteiger partial charge in [0.25, 0.3) is 0 Å². The molecule has 0 heterocycles. The number of carboxylic acids is 1. The number of hydrogen-bond donors (Lipinski definition) is 3. The molecule has 0 aromatic heterocycles. The standard InChI is InChI=1S/C20H28N2O5/c1-13(22-19(24)14-7-3-4-8-14)18(23)21-12-16(20(25)26)11-15-9-5-6-10-17(15)27-2/h5-6,9-10,13-14,16H,3-4,7-8,11-12H2,1-2H3,(H,21,23)(H,22,24)(H,25,26). The van der Waals surface area contributed by atoms with Crippen molar-refractivity contribution in [3.8, 4) is 5.75 Å². The number of nitrogens with one attached hydrogen (secondary N) is 2. The van der Waals surface area contributed by atoms with Gasteiger partial charge in [-0.15, -0.1) is 0 Å². The van der Waals surface area contributed by atoms with Crippen LogP contribution in [0, 0.1) is 11.8 Å². The highest BCUT2D eigenvalue weighted by molar-refractivity contribution is 5.88. The first kappa shape index (κ1) is 20.7. The van der Waals surface area contributed by atoms with Crippen LogP contribution in [-0.4, -0.2) is 42.6 Å². The summed E-state index contributed by atoms with van der Waals surface area (Å²) in [6, 6.07) is 6.51. The van der Waals surface area contributed by atoms with E-state index in [9.17, 15) is 19.5 Å². The van der Waals surface area contributed by atoms with E-state index in [4.69, 9.17) is 4.74 Å². The second kappa shape index (κ2) is 9.94. The normalized spacial score (nSPS) is 16.4. The maximum atomic E-state index is 12.3. The van der Waals surface area contributed by atoms with E-state index in [1.165, 1.54) is 7.11 Å². The molecule has 2 rings (SSSR count). The molecule has 3 N–H and O–H groups in total. The first-order valence-electron chi connectivity index (χ1n) is 9.35. The van der Waals surface area contributed by atoms with Crippen LogP contribution >= 0.6 is 0 Å². The van der Waals surface area contributed by atoms with E-state index >= 15 is 0 Å². The van der Waals surface area contributed by atoms with E-state index in [2.05, 4.69) is 10.6 Å². The third kappa shape index (κ3) is 5.98. The molecule has 27 heavy (non-hydrogen) atoms. The molecule has 1 aliphatic carbocycles. The van der Waals surface area contributed by atoms with Crippen molar-refractivity contribution in [3.05, 3.63) is 29.8 Å². The van der Waals surface area contributed by atoms with Crippen molar-refractivity contribution in [3.63, 3.8) is 0 Å². The Hall–Kier alpha value is -2.57. The molecule has 1 aliphatic rings. The molecular formula is C20H28N2O5. The second-order valence-corrected chi connectivity index (χ2v) is 7.01. The van der Waals surface area contributed by atoms with Crippen LogP contribution in [0.3, 0.4) is 0 Å². The van der Waals surface area contributed by atoms with E-state index in [1.54, 1.807) is 19.1 Å². The molecule has 0 bridgehead atoms. The monoisotopic (exact) mass is 376 g/mol. The summed E-state index contributed by atoms with van der Waals surface area (Å²) in [4.78, 5) is 35.9. The van der Waals surface area contributed by atoms with Gasteiger partial charge in [-0.25, -0.2) is 0 Å². The molecule has 1 aromatic carbocycles. The third-order valence-corrected chi connectivity index (χ3v) is 5.01. The lowest BCUT2D eigenvalue weighted by molar-refractivity contribution is -0.141. The van der Waals surface area contributed by atoms with Gasteiger partial charge in [0.05, 0.1) is 13.0 Å². The smallest absolute Gasteiger partial charge is 0.308 e. The second-order valence-electron chi connectivity index (χ2n) is 7.01. The number of ether oxygens (including phenoxy) is 1. The number of carbonyl (C=O) groups excluding carboxylic acids is 2. The van der Waals surface area contributed by atoms with Gasteiger partial charge in [-0.2, -0.15) is 0 Å². The van der Waals surface area contributed by atoms with Crippen LogP contribution in [0.1, 0.15) is 38.2 Å². The van der Waals surface area contributed by atoms with Crippen molar-refractivity contribution >= 4 is 17.8 Å². The molecule has 2 atom stereocenters. The van der Waals surface area contributed by atoms with Gasteiger partial charge >= 0.3 is 5.97 Å². The van der Waals surface area contributed by atoms with Gasteiger partial charge in [-0.05, 0) is 37.8 Å². The summed E-state index contributed by atoms with van der Waals surface area (Å²) in [5.74, 6) is -1.66. The number of carboxylic acid groups (broad SMARTS) is 1. The predicted molar refractivity (Wildman–Crippen MR) is 100 cm³/mol. The van der Waals surface area contributed by atoms with E-state index in [1.807, 2.05) is 12.1 Å². The Morgan fingerprint density at radius 3 is 2.52 bits per heavy atom. The summed E-state index contributed by atoms with van der Waals surface area (Å²) in [5.41, 5.74) is 0.768. The Labute approximate surface area is 159 Å². The molecule has 0 radical (unpaired) electrons. The van der Waals surface area contributed by atoms with Gasteiger partial charge < -0.3 is 20.5 Å². The molecule has 2 amide bonds. The average molecular weight is 376 g/mol. The molecule has 2 unspecified atom stereocenters. The van der Waals surface area contributed by atoms with Gasteiger partial charge in [0, 0.05) is 12.5 Å². The minimum absolute atomic E-state index is 0.0161. The van der Waals surface area contributed by atoms with E-state index in [0.29, 0.717) is 5.75 Å². The number of methoxy groups -OCH3 is 1. The zero-order chi connectivity index (χ0) is 19.8. The molecular weight excluding hydrogens is 348 g/mol. The Bertz CT molecular complexity index is 670. The lowest BCUT2D eigenvalue weighted by atomic mass is 9.98. The minimum Gasteiger partial charge on any atom is -0.496 e. The van der Waals surface area contributed by atoms with Gasteiger partial charge in [-0.3, -0.25) is 14.4 Å². The number of amides is 2. The van der Waals surface area contributed by atoms with Crippen LogP contribution in [0.15, 0.2) is 24.3 Å². The fraction of sp³-hybridized carbons (Fsp3) is 0.550. The fourth-order valence-corrected chi connectivity index (χ4v) is 3.35. The summed E-state index contributed by atoms with van der Waals surface area (Å²) in [5, 5.41) is 14.8. The SMILES string of the molecule is COc1ccccc1CC(CNC(=O)C(C)NC(=O)C1CCCC1)C(=O)O. The number of aliphatic carboxylic acids is 1. The molecule has 148 valence electrons. The maximum absolute atomic E-state index is 12.3. The predicted octanol–water partition coefficient (Wildman–Crippen LogP) is 1.75. The Balaban J connectivity index is 1.87. The summed E-state index contributed by atoms with van der Waals surface area (Å²) in [6.07, 6.45) is 4.05. The zero-order valence-electron chi connectivity index (χ0n) is 15.9. The van der Waals surface area contributed by atoms with Crippen LogP contribution in [0.4, 0.5) is 0 Å². The quantitative estimate of drug-likeness (QED) is 0.609. The Morgan fingerprint density at radius 1 is 1.22 bits per heavy atom. The molecule has 7 heteroatoms. The summed E-state index contributed by atoms with van der Waals surface area (Å²) >= 11 is 0. The van der Waals surface area contributed by atoms with Gasteiger partial charge in [0.1, 0.15) is 11.8 Å². The van der Waals surface area contributed by atoms with Crippen LogP contribution in [0.25, 0.3) is 0 Å². The van der Waals surface area contributed by atoms with Crippen molar-refractivity contribution < 1.29 is 24.2 Å². The molecule has 1 aromatic rings. The highest BCUT2D eigenvalue weighted by Crippen LogP contribution is 2.24. The topological polar surface area (TPSA) is 105 Å². The summed E-state index contributed by atoms with van der Waals surface area (Å²) in [6.45, 7) is 1.59. The van der Waals surface area contributed by atoms with E-state index < -0.39 is 17.9 Å². The largest absolute Gasteiger partial charge is 0.496 e. The zero-order valence-corrected chi connectivity index (χ0v) is 15.9. The highest BCUT2D eigenvalue weighted by Gasteiger charge is 2.26. The maximum Gasteiger partial charge on any atom is 0.308 e. The molecule has 0 aliphatic heterocycles. The lowest BCUT2D eigenvalue weighted by Crippen LogP contribution is -2.48. The number of hydrogen-bond acceptors (Lipinski definition) is 4. The Morgan fingerprint density at radius 2 is 1.89 bits per heavy atom. The van der Waals surface area contributed by atoms with Crippen molar-refractivity contribution in [2.45, 2.75) is 45.1 Å². The van der Waals surface area contributed by atoms with Crippen molar-refractivity contribution in [1.29, 1.82) is 0 Å².